The standard InChI is InChI=1S/C22H27NOS/c1-7-23-22(15(3)17(5)25-18(6)16(4)24)21-10-8-9-19-13-14(2)11-12-20(19)21/h7,11-13,21H,5-6,8-10H2,1-4H3/b22-15-,23-7?. The molecule has 25 heavy (non-hydrogen) atoms. The minimum Gasteiger partial charge on any atom is -0.294 e. The highest BCUT2D eigenvalue weighted by molar-refractivity contribution is 8.07. The van der Waals surface area contributed by atoms with Crippen molar-refractivity contribution in [2.45, 2.75) is 52.9 Å². The molecule has 2 nitrogen and oxygen atoms in total. The van der Waals surface area contributed by atoms with E-state index in [1.54, 1.807) is 0 Å². The lowest BCUT2D eigenvalue weighted by Crippen LogP contribution is -2.13. The molecule has 132 valence electrons. The van der Waals surface area contributed by atoms with Gasteiger partial charge in [0.15, 0.2) is 5.78 Å². The van der Waals surface area contributed by atoms with E-state index >= 15 is 0 Å². The summed E-state index contributed by atoms with van der Waals surface area (Å²) in [4.78, 5) is 17.6. The highest BCUT2D eigenvalue weighted by Gasteiger charge is 2.25. The van der Waals surface area contributed by atoms with Gasteiger partial charge in [-0.05, 0) is 63.7 Å². The van der Waals surface area contributed by atoms with Crippen LogP contribution in [0.1, 0.15) is 56.2 Å². The molecule has 0 saturated carbocycles. The van der Waals surface area contributed by atoms with Gasteiger partial charge in [-0.2, -0.15) is 0 Å². The van der Waals surface area contributed by atoms with Crippen LogP contribution in [-0.4, -0.2) is 12.0 Å². The van der Waals surface area contributed by atoms with E-state index in [0.29, 0.717) is 4.91 Å². The number of hydrogen-bond acceptors (Lipinski definition) is 3. The maximum atomic E-state index is 11.5. The average molecular weight is 354 g/mol. The highest BCUT2D eigenvalue weighted by atomic mass is 32.2. The number of carbonyl (C=O) groups excluding carboxylic acids is 1. The molecule has 0 bridgehead atoms. The number of ketones is 1. The maximum Gasteiger partial charge on any atom is 0.165 e. The third kappa shape index (κ3) is 4.60. The second kappa shape index (κ2) is 8.48. The van der Waals surface area contributed by atoms with Gasteiger partial charge in [0.25, 0.3) is 0 Å². The van der Waals surface area contributed by atoms with Crippen LogP contribution < -0.4 is 0 Å². The summed E-state index contributed by atoms with van der Waals surface area (Å²) in [6.07, 6.45) is 5.23. The van der Waals surface area contributed by atoms with E-state index < -0.39 is 0 Å². The smallest absolute Gasteiger partial charge is 0.165 e. The lowest BCUT2D eigenvalue weighted by atomic mass is 9.79. The molecule has 0 N–H and O–H groups in total. The van der Waals surface area contributed by atoms with E-state index in [4.69, 9.17) is 4.99 Å². The van der Waals surface area contributed by atoms with Crippen LogP contribution in [0, 0.1) is 6.92 Å². The fourth-order valence-corrected chi connectivity index (χ4v) is 3.95. The van der Waals surface area contributed by atoms with Crippen molar-refractivity contribution in [1.29, 1.82) is 0 Å². The normalized spacial score (nSPS) is 17.8. The van der Waals surface area contributed by atoms with E-state index in [1.807, 2.05) is 20.1 Å². The zero-order valence-corrected chi connectivity index (χ0v) is 16.5. The average Bonchev–Trinajstić information content (AvgIpc) is 2.58. The van der Waals surface area contributed by atoms with Crippen molar-refractivity contribution < 1.29 is 4.79 Å². The topological polar surface area (TPSA) is 29.4 Å². The van der Waals surface area contributed by atoms with Gasteiger partial charge in [-0.15, -0.1) is 0 Å². The molecule has 1 atom stereocenters. The lowest BCUT2D eigenvalue weighted by Gasteiger charge is -2.28. The summed E-state index contributed by atoms with van der Waals surface area (Å²) in [5.41, 5.74) is 6.21. The quantitative estimate of drug-likeness (QED) is 0.350. The zero-order valence-electron chi connectivity index (χ0n) is 15.7. The van der Waals surface area contributed by atoms with Gasteiger partial charge in [-0.1, -0.05) is 48.7 Å². The number of aryl methyl sites for hydroxylation is 2. The Bertz CT molecular complexity index is 770. The molecule has 0 heterocycles. The third-order valence-electron chi connectivity index (χ3n) is 4.65. The molecule has 1 aliphatic rings. The van der Waals surface area contributed by atoms with E-state index in [9.17, 15) is 4.79 Å². The first-order chi connectivity index (χ1) is 11.8. The summed E-state index contributed by atoms with van der Waals surface area (Å²) >= 11 is 1.35. The van der Waals surface area contributed by atoms with Gasteiger partial charge >= 0.3 is 0 Å². The van der Waals surface area contributed by atoms with E-state index in [0.717, 1.165) is 35.4 Å². The number of Topliss-reactive ketones (excluding diaryl/α,β-unsaturated/α-hetero) is 1. The molecule has 1 unspecified atom stereocenters. The second-order valence-electron chi connectivity index (χ2n) is 6.55. The molecule has 3 heteroatoms. The number of benzene rings is 1. The van der Waals surface area contributed by atoms with Crippen molar-refractivity contribution in [3.8, 4) is 0 Å². The molecule has 1 aliphatic carbocycles. The Morgan fingerprint density at radius 2 is 2.00 bits per heavy atom. The molecular formula is C22H27NOS. The molecule has 0 aliphatic heterocycles. The molecule has 0 amide bonds. The van der Waals surface area contributed by atoms with Crippen LogP contribution >= 0.6 is 11.8 Å². The SMILES string of the molecule is C=C(SC(=C)/C(C)=C(\N=CC)C1CCCc2cc(C)ccc21)C(C)=O. The zero-order chi connectivity index (χ0) is 18.6. The number of hydrogen-bond donors (Lipinski definition) is 0. The van der Waals surface area contributed by atoms with Crippen LogP contribution in [0.25, 0.3) is 0 Å². The van der Waals surface area contributed by atoms with E-state index in [-0.39, 0.29) is 11.7 Å². The van der Waals surface area contributed by atoms with Gasteiger partial charge in [-0.3, -0.25) is 9.79 Å². The predicted octanol–water partition coefficient (Wildman–Crippen LogP) is 6.13. The van der Waals surface area contributed by atoms with Crippen LogP contribution in [0.2, 0.25) is 0 Å². The predicted molar refractivity (Wildman–Crippen MR) is 110 cm³/mol. The molecule has 0 fully saturated rings. The van der Waals surface area contributed by atoms with Gasteiger partial charge in [0.1, 0.15) is 0 Å². The highest BCUT2D eigenvalue weighted by Crippen LogP contribution is 2.41. The summed E-state index contributed by atoms with van der Waals surface area (Å²) in [7, 11) is 0. The lowest BCUT2D eigenvalue weighted by molar-refractivity contribution is -0.112. The Labute approximate surface area is 155 Å². The largest absolute Gasteiger partial charge is 0.294 e. The van der Waals surface area contributed by atoms with E-state index in [2.05, 4.69) is 38.3 Å². The molecule has 0 radical (unpaired) electrons. The van der Waals surface area contributed by atoms with Crippen LogP contribution in [0.4, 0.5) is 0 Å². The van der Waals surface area contributed by atoms with Gasteiger partial charge in [0, 0.05) is 21.9 Å². The fourth-order valence-electron chi connectivity index (χ4n) is 3.25. The van der Waals surface area contributed by atoms with Crippen molar-refractivity contribution in [3.63, 3.8) is 0 Å². The molecule has 0 aromatic heterocycles. The summed E-state index contributed by atoms with van der Waals surface area (Å²) in [5.74, 6) is 0.265. The number of thioether (sulfide) groups is 1. The third-order valence-corrected chi connectivity index (χ3v) is 5.74. The van der Waals surface area contributed by atoms with Gasteiger partial charge < -0.3 is 0 Å². The van der Waals surface area contributed by atoms with E-state index in [1.165, 1.54) is 35.4 Å². The molecule has 1 aromatic rings. The van der Waals surface area contributed by atoms with Gasteiger partial charge in [0.2, 0.25) is 0 Å². The second-order valence-corrected chi connectivity index (χ2v) is 7.74. The van der Waals surface area contributed by atoms with Crippen LogP contribution in [0.15, 0.2) is 57.4 Å². The monoisotopic (exact) mass is 353 g/mol. The first kappa shape index (κ1) is 19.5. The first-order valence-corrected chi connectivity index (χ1v) is 9.52. The van der Waals surface area contributed by atoms with Gasteiger partial charge in [-0.25, -0.2) is 0 Å². The van der Waals surface area contributed by atoms with Crippen molar-refractivity contribution in [2.24, 2.45) is 4.99 Å². The number of aliphatic imine (C=N–C) groups is 1. The first-order valence-electron chi connectivity index (χ1n) is 8.71. The van der Waals surface area contributed by atoms with Crippen molar-refractivity contribution in [2.75, 3.05) is 0 Å². The minimum absolute atomic E-state index is 0.0158. The number of nitrogens with zero attached hydrogens (tertiary/aromatic N) is 1. The Balaban J connectivity index is 2.43. The van der Waals surface area contributed by atoms with Crippen molar-refractivity contribution in [3.05, 3.63) is 69.1 Å². The minimum atomic E-state index is -0.0158. The number of allylic oxidation sites excluding steroid dienone is 3. The summed E-state index contributed by atoms with van der Waals surface area (Å²) in [6.45, 7) is 15.7. The number of carbonyl (C=O) groups is 1. The van der Waals surface area contributed by atoms with Crippen molar-refractivity contribution >= 4 is 23.8 Å². The summed E-state index contributed by atoms with van der Waals surface area (Å²) in [5, 5.41) is 0. The fraction of sp³-hybridized carbons (Fsp3) is 0.364. The molecular weight excluding hydrogens is 326 g/mol. The van der Waals surface area contributed by atoms with Crippen LogP contribution in [-0.2, 0) is 11.2 Å². The molecule has 1 aromatic carbocycles. The number of rotatable bonds is 6. The summed E-state index contributed by atoms with van der Waals surface area (Å²) < 4.78 is 0. The maximum absolute atomic E-state index is 11.5. The number of fused-ring (bicyclic) bond motifs is 1. The van der Waals surface area contributed by atoms with Crippen LogP contribution in [0.5, 0.6) is 0 Å². The molecule has 2 rings (SSSR count). The Kier molecular flexibility index (Phi) is 6.60. The summed E-state index contributed by atoms with van der Waals surface area (Å²) in [6, 6.07) is 6.73. The Hall–Kier alpha value is -1.87. The van der Waals surface area contributed by atoms with Crippen molar-refractivity contribution in [1.82, 2.24) is 0 Å². The molecule has 0 spiro atoms. The van der Waals surface area contributed by atoms with Crippen LogP contribution in [0.3, 0.4) is 0 Å². The Morgan fingerprint density at radius 3 is 2.64 bits per heavy atom. The molecule has 0 saturated heterocycles. The Morgan fingerprint density at radius 1 is 1.28 bits per heavy atom. The van der Waals surface area contributed by atoms with Gasteiger partial charge in [0.05, 0.1) is 5.70 Å².